The van der Waals surface area contributed by atoms with Gasteiger partial charge in [0.2, 0.25) is 0 Å². The lowest BCUT2D eigenvalue weighted by molar-refractivity contribution is -0.150. The van der Waals surface area contributed by atoms with Crippen LogP contribution < -0.4 is 17.0 Å². The van der Waals surface area contributed by atoms with Gasteiger partial charge in [0.15, 0.2) is 0 Å². The Kier molecular flexibility index (Phi) is 4.45. The summed E-state index contributed by atoms with van der Waals surface area (Å²) in [5.74, 6) is 6.29. The number of hydrogen-bond acceptors (Lipinski definition) is 5. The predicted octanol–water partition coefficient (Wildman–Crippen LogP) is 1.75. The average Bonchev–Trinajstić information content (AvgIpc) is 2.51. The normalized spacial score (nSPS) is 26.6. The number of para-hydroxylation sites is 1. The summed E-state index contributed by atoms with van der Waals surface area (Å²) in [4.78, 5) is 0. The molecule has 2 atom stereocenters. The minimum absolute atomic E-state index is 0.0280. The molecular formula is C16H25N3O2. The molecule has 5 nitrogen and oxygen atoms in total. The molecule has 2 unspecified atom stereocenters. The molecule has 5 N–H and O–H groups in total. The third kappa shape index (κ3) is 3.06. The Morgan fingerprint density at radius 2 is 1.95 bits per heavy atom. The Hall–Kier alpha value is -1.14. The van der Waals surface area contributed by atoms with Crippen molar-refractivity contribution in [2.24, 2.45) is 11.8 Å². The highest BCUT2D eigenvalue weighted by Gasteiger charge is 2.41. The molecule has 1 aromatic rings. The van der Waals surface area contributed by atoms with Crippen molar-refractivity contribution < 1.29 is 9.47 Å². The van der Waals surface area contributed by atoms with E-state index in [0.717, 1.165) is 56.8 Å². The first-order valence-electron chi connectivity index (χ1n) is 7.76. The smallest absolute Gasteiger partial charge is 0.0729 e. The molecule has 5 heteroatoms. The topological polar surface area (TPSA) is 82.5 Å². The molecule has 1 spiro atoms. The molecule has 116 valence electrons. The third-order valence-corrected chi connectivity index (χ3v) is 4.92. The summed E-state index contributed by atoms with van der Waals surface area (Å²) < 4.78 is 11.6. The summed E-state index contributed by atoms with van der Waals surface area (Å²) in [7, 11) is 0. The van der Waals surface area contributed by atoms with Gasteiger partial charge in [0.25, 0.3) is 0 Å². The first kappa shape index (κ1) is 14.8. The van der Waals surface area contributed by atoms with Crippen LogP contribution in [0.1, 0.15) is 37.3 Å². The highest BCUT2D eigenvalue weighted by molar-refractivity contribution is 5.48. The van der Waals surface area contributed by atoms with E-state index in [1.807, 2.05) is 18.2 Å². The van der Waals surface area contributed by atoms with E-state index < -0.39 is 0 Å². The van der Waals surface area contributed by atoms with Crippen molar-refractivity contribution in [3.05, 3.63) is 29.8 Å². The summed E-state index contributed by atoms with van der Waals surface area (Å²) in [6, 6.07) is 8.04. The number of hydrazine groups is 1. The second-order valence-electron chi connectivity index (χ2n) is 6.17. The predicted molar refractivity (Wildman–Crippen MR) is 82.4 cm³/mol. The van der Waals surface area contributed by atoms with Crippen LogP contribution in [0.5, 0.6) is 0 Å². The number of benzene rings is 1. The summed E-state index contributed by atoms with van der Waals surface area (Å²) in [6.45, 7) is 2.37. The lowest BCUT2D eigenvalue weighted by Crippen LogP contribution is -2.47. The zero-order valence-corrected chi connectivity index (χ0v) is 12.4. The van der Waals surface area contributed by atoms with Gasteiger partial charge in [-0.3, -0.25) is 11.3 Å². The Balaban J connectivity index is 1.79. The van der Waals surface area contributed by atoms with E-state index in [1.165, 1.54) is 0 Å². The highest BCUT2D eigenvalue weighted by Crippen LogP contribution is 2.42. The number of nitrogens with two attached hydrogens (primary N) is 2. The maximum Gasteiger partial charge on any atom is 0.0729 e. The minimum atomic E-state index is -0.0280. The molecule has 1 aromatic carbocycles. The molecule has 2 aliphatic rings. The first-order valence-corrected chi connectivity index (χ1v) is 7.76. The van der Waals surface area contributed by atoms with Gasteiger partial charge in [0.1, 0.15) is 0 Å². The zero-order valence-electron chi connectivity index (χ0n) is 12.4. The van der Waals surface area contributed by atoms with Gasteiger partial charge in [-0.2, -0.15) is 0 Å². The largest absolute Gasteiger partial charge is 0.398 e. The maximum atomic E-state index is 6.13. The molecule has 0 bridgehead atoms. The van der Waals surface area contributed by atoms with Crippen molar-refractivity contribution in [1.82, 2.24) is 5.43 Å². The number of nitrogen functional groups attached to an aromatic ring is 1. The average molecular weight is 291 g/mol. The standard InChI is InChI=1S/C16H25N3O2/c17-14-4-2-1-3-13(14)15(19-18)12-5-8-21-16(11-12)6-9-20-10-7-16/h1-4,12,15,19H,5-11,17-18H2. The van der Waals surface area contributed by atoms with Crippen molar-refractivity contribution in [1.29, 1.82) is 0 Å². The van der Waals surface area contributed by atoms with Crippen LogP contribution in [0.25, 0.3) is 0 Å². The lowest BCUT2D eigenvalue weighted by Gasteiger charge is -2.45. The Labute approximate surface area is 125 Å². The van der Waals surface area contributed by atoms with Crippen LogP contribution in [-0.2, 0) is 9.47 Å². The molecule has 0 saturated carbocycles. The second-order valence-corrected chi connectivity index (χ2v) is 6.17. The van der Waals surface area contributed by atoms with Crippen molar-refractivity contribution in [2.75, 3.05) is 25.6 Å². The van der Waals surface area contributed by atoms with E-state index in [9.17, 15) is 0 Å². The van der Waals surface area contributed by atoms with Crippen molar-refractivity contribution in [2.45, 2.75) is 37.3 Å². The maximum absolute atomic E-state index is 6.13. The van der Waals surface area contributed by atoms with Crippen LogP contribution in [0, 0.1) is 5.92 Å². The van der Waals surface area contributed by atoms with Gasteiger partial charge < -0.3 is 15.2 Å². The number of nitrogens with one attached hydrogen (secondary N) is 1. The Bertz CT molecular complexity index is 469. The van der Waals surface area contributed by atoms with E-state index >= 15 is 0 Å². The Morgan fingerprint density at radius 1 is 1.19 bits per heavy atom. The van der Waals surface area contributed by atoms with Crippen LogP contribution in [0.4, 0.5) is 5.69 Å². The first-order chi connectivity index (χ1) is 10.2. The van der Waals surface area contributed by atoms with Crippen LogP contribution in [0.2, 0.25) is 0 Å². The number of rotatable bonds is 3. The molecular weight excluding hydrogens is 266 g/mol. The molecule has 0 radical (unpaired) electrons. The van der Waals surface area contributed by atoms with E-state index in [-0.39, 0.29) is 11.6 Å². The van der Waals surface area contributed by atoms with Gasteiger partial charge in [-0.25, -0.2) is 0 Å². The van der Waals surface area contributed by atoms with Gasteiger partial charge in [-0.15, -0.1) is 0 Å². The molecule has 2 saturated heterocycles. The SMILES string of the molecule is NNC(c1ccccc1N)C1CCOC2(CCOCC2)C1. The van der Waals surface area contributed by atoms with Gasteiger partial charge in [-0.1, -0.05) is 18.2 Å². The fraction of sp³-hybridized carbons (Fsp3) is 0.625. The fourth-order valence-electron chi connectivity index (χ4n) is 3.72. The van der Waals surface area contributed by atoms with Crippen molar-refractivity contribution in [3.8, 4) is 0 Å². The summed E-state index contributed by atoms with van der Waals surface area (Å²) in [6.07, 6.45) is 3.97. The lowest BCUT2D eigenvalue weighted by atomic mass is 9.76. The number of anilines is 1. The summed E-state index contributed by atoms with van der Waals surface area (Å²) in [5, 5.41) is 0. The monoisotopic (exact) mass is 291 g/mol. The molecule has 2 fully saturated rings. The van der Waals surface area contributed by atoms with Crippen LogP contribution >= 0.6 is 0 Å². The third-order valence-electron chi connectivity index (χ3n) is 4.92. The molecule has 2 heterocycles. The molecule has 0 amide bonds. The van der Waals surface area contributed by atoms with Crippen LogP contribution in [-0.4, -0.2) is 25.4 Å². The van der Waals surface area contributed by atoms with E-state index in [4.69, 9.17) is 21.1 Å². The quantitative estimate of drug-likeness (QED) is 0.449. The second kappa shape index (κ2) is 6.32. The molecule has 0 aliphatic carbocycles. The number of hydrogen-bond donors (Lipinski definition) is 3. The van der Waals surface area contributed by atoms with Crippen LogP contribution in [0.15, 0.2) is 24.3 Å². The summed E-state index contributed by atoms with van der Waals surface area (Å²) in [5.41, 5.74) is 11.0. The van der Waals surface area contributed by atoms with E-state index in [2.05, 4.69) is 11.5 Å². The van der Waals surface area contributed by atoms with E-state index in [1.54, 1.807) is 0 Å². The molecule has 3 rings (SSSR count). The zero-order chi connectivity index (χ0) is 14.7. The van der Waals surface area contributed by atoms with E-state index in [0.29, 0.717) is 5.92 Å². The van der Waals surface area contributed by atoms with Crippen molar-refractivity contribution in [3.63, 3.8) is 0 Å². The Morgan fingerprint density at radius 3 is 2.67 bits per heavy atom. The minimum Gasteiger partial charge on any atom is -0.398 e. The van der Waals surface area contributed by atoms with Gasteiger partial charge in [-0.05, 0) is 43.2 Å². The van der Waals surface area contributed by atoms with Crippen LogP contribution in [0.3, 0.4) is 0 Å². The van der Waals surface area contributed by atoms with Gasteiger partial charge in [0, 0.05) is 25.5 Å². The molecule has 2 aliphatic heterocycles. The fourth-order valence-corrected chi connectivity index (χ4v) is 3.72. The van der Waals surface area contributed by atoms with Crippen molar-refractivity contribution >= 4 is 5.69 Å². The molecule has 0 aromatic heterocycles. The van der Waals surface area contributed by atoms with Gasteiger partial charge >= 0.3 is 0 Å². The van der Waals surface area contributed by atoms with Gasteiger partial charge in [0.05, 0.1) is 11.6 Å². The summed E-state index contributed by atoms with van der Waals surface area (Å²) >= 11 is 0. The highest BCUT2D eigenvalue weighted by atomic mass is 16.5. The molecule has 21 heavy (non-hydrogen) atoms. The number of ether oxygens (including phenoxy) is 2.